The number of nitrogens with zero attached hydrogens (tertiary/aromatic N) is 1. The van der Waals surface area contributed by atoms with Gasteiger partial charge in [-0.1, -0.05) is 0 Å². The predicted molar refractivity (Wildman–Crippen MR) is 63.3 cm³/mol. The monoisotopic (exact) mass is 215 g/mol. The minimum absolute atomic E-state index is 0.694. The summed E-state index contributed by atoms with van der Waals surface area (Å²) in [5.41, 5.74) is 13.7. The maximum atomic E-state index is 5.17. The Morgan fingerprint density at radius 3 is 1.93 bits per heavy atom. The Morgan fingerprint density at radius 2 is 1.73 bits per heavy atom. The smallest absolute Gasteiger partial charge is 0.0134 e. The van der Waals surface area contributed by atoms with E-state index >= 15 is 0 Å². The van der Waals surface area contributed by atoms with Crippen molar-refractivity contribution in [1.82, 2.24) is 15.8 Å². The number of fused-ring (bicyclic) bond motifs is 3. The Balaban J connectivity index is 0.000000153. The van der Waals surface area contributed by atoms with E-state index < -0.39 is 0 Å². The van der Waals surface area contributed by atoms with Crippen molar-refractivity contribution in [3.63, 3.8) is 0 Å². The number of nitrogens with one attached hydrogen (secondary N) is 2. The fourth-order valence-corrected chi connectivity index (χ4v) is 1.88. The molecule has 3 fully saturated rings. The van der Waals surface area contributed by atoms with Crippen LogP contribution in [0.15, 0.2) is 0 Å². The van der Waals surface area contributed by atoms with Gasteiger partial charge < -0.3 is 16.8 Å². The normalized spacial score (nSPS) is 28.4. The first-order valence-corrected chi connectivity index (χ1v) is 5.96. The van der Waals surface area contributed by atoms with Crippen LogP contribution in [0.3, 0.4) is 0 Å². The molecule has 5 heteroatoms. The maximum absolute atomic E-state index is 5.17. The highest BCUT2D eigenvalue weighted by molar-refractivity contribution is 4.76. The molecule has 5 nitrogen and oxygen atoms in total. The molecule has 90 valence electrons. The van der Waals surface area contributed by atoms with E-state index in [1.807, 2.05) is 0 Å². The summed E-state index contributed by atoms with van der Waals surface area (Å²) in [7, 11) is 0. The Labute approximate surface area is 92.5 Å². The van der Waals surface area contributed by atoms with Gasteiger partial charge >= 0.3 is 0 Å². The molecule has 3 heterocycles. The lowest BCUT2D eigenvalue weighted by atomic mass is 9.96. The highest BCUT2D eigenvalue weighted by Gasteiger charge is 2.24. The van der Waals surface area contributed by atoms with Crippen LogP contribution in [0.5, 0.6) is 0 Å². The van der Waals surface area contributed by atoms with Gasteiger partial charge in [-0.2, -0.15) is 0 Å². The van der Waals surface area contributed by atoms with Crippen LogP contribution in [0.1, 0.15) is 12.8 Å². The number of hydrogen-bond acceptors (Lipinski definition) is 5. The summed E-state index contributed by atoms with van der Waals surface area (Å²) in [4.78, 5) is 0. The molecule has 0 aliphatic carbocycles. The average Bonchev–Trinajstić information content (AvgIpc) is 2.33. The first-order chi connectivity index (χ1) is 7.36. The molecule has 0 amide bonds. The molecular formula is C10H25N5. The van der Waals surface area contributed by atoms with Gasteiger partial charge in [0.15, 0.2) is 0 Å². The van der Waals surface area contributed by atoms with Crippen LogP contribution in [-0.2, 0) is 0 Å². The van der Waals surface area contributed by atoms with Crippen molar-refractivity contribution in [1.29, 1.82) is 0 Å². The summed E-state index contributed by atoms with van der Waals surface area (Å²) in [5, 5.41) is 5.37. The molecule has 0 aromatic carbocycles. The highest BCUT2D eigenvalue weighted by atomic mass is 15.5. The number of nitrogens with two attached hydrogens (primary N) is 2. The first kappa shape index (κ1) is 12.9. The third-order valence-corrected chi connectivity index (χ3v) is 2.86. The number of piperidine rings is 1. The molecule has 6 N–H and O–H groups in total. The Hall–Kier alpha value is -0.200. The predicted octanol–water partition coefficient (Wildman–Crippen LogP) is -1.29. The van der Waals surface area contributed by atoms with E-state index in [4.69, 9.17) is 11.5 Å². The third kappa shape index (κ3) is 5.44. The van der Waals surface area contributed by atoms with E-state index in [-0.39, 0.29) is 0 Å². The molecule has 0 atom stereocenters. The van der Waals surface area contributed by atoms with Crippen molar-refractivity contribution >= 4 is 0 Å². The van der Waals surface area contributed by atoms with Crippen molar-refractivity contribution in [3.05, 3.63) is 0 Å². The lowest BCUT2D eigenvalue weighted by Gasteiger charge is -2.39. The molecule has 0 aromatic rings. The van der Waals surface area contributed by atoms with E-state index in [9.17, 15) is 0 Å². The zero-order chi connectivity index (χ0) is 10.9. The van der Waals surface area contributed by atoms with E-state index in [2.05, 4.69) is 15.8 Å². The minimum Gasteiger partial charge on any atom is -0.329 e. The Morgan fingerprint density at radius 1 is 1.13 bits per heavy atom. The maximum Gasteiger partial charge on any atom is 0.0134 e. The van der Waals surface area contributed by atoms with Gasteiger partial charge in [-0.3, -0.25) is 5.43 Å². The molecular weight excluding hydrogens is 190 g/mol. The van der Waals surface area contributed by atoms with Crippen molar-refractivity contribution < 1.29 is 0 Å². The van der Waals surface area contributed by atoms with E-state index in [0.29, 0.717) is 13.1 Å². The van der Waals surface area contributed by atoms with Crippen molar-refractivity contribution in [2.24, 2.45) is 17.4 Å². The van der Waals surface area contributed by atoms with Crippen LogP contribution in [0.4, 0.5) is 0 Å². The molecule has 0 unspecified atom stereocenters. The topological polar surface area (TPSA) is 79.3 Å². The van der Waals surface area contributed by atoms with E-state index in [1.54, 1.807) is 0 Å². The van der Waals surface area contributed by atoms with Gasteiger partial charge in [-0.05, 0) is 18.8 Å². The highest BCUT2D eigenvalue weighted by Crippen LogP contribution is 2.19. The summed E-state index contributed by atoms with van der Waals surface area (Å²) in [6.07, 6.45) is 2.85. The average molecular weight is 215 g/mol. The molecule has 15 heavy (non-hydrogen) atoms. The van der Waals surface area contributed by atoms with Crippen LogP contribution in [-0.4, -0.2) is 50.8 Å². The van der Waals surface area contributed by atoms with E-state index in [1.165, 1.54) is 32.5 Å². The molecule has 0 aromatic heterocycles. The van der Waals surface area contributed by atoms with Crippen molar-refractivity contribution in [2.75, 3.05) is 45.8 Å². The first-order valence-electron chi connectivity index (χ1n) is 5.96. The molecule has 3 aliphatic heterocycles. The van der Waals surface area contributed by atoms with Crippen LogP contribution < -0.4 is 22.2 Å². The standard InChI is InChI=1S/C6H12N2.C4H13N3/c1-3-8-4-2-6(1)5-7-8;5-1-3-7-4-2-6/h6-7H,1-5H2;7H,1-6H2. The van der Waals surface area contributed by atoms with Crippen LogP contribution >= 0.6 is 0 Å². The Kier molecular flexibility index (Phi) is 6.87. The second-order valence-corrected chi connectivity index (χ2v) is 4.12. The van der Waals surface area contributed by atoms with Crippen LogP contribution in [0.2, 0.25) is 0 Å². The summed E-state index contributed by atoms with van der Waals surface area (Å²) in [6, 6.07) is 0. The van der Waals surface area contributed by atoms with Crippen LogP contribution in [0, 0.1) is 5.92 Å². The van der Waals surface area contributed by atoms with Gasteiger partial charge in [-0.25, -0.2) is 5.01 Å². The molecule has 0 radical (unpaired) electrons. The summed E-state index contributed by atoms with van der Waals surface area (Å²) in [6.45, 7) is 6.93. The zero-order valence-corrected chi connectivity index (χ0v) is 9.54. The largest absolute Gasteiger partial charge is 0.329 e. The molecule has 0 spiro atoms. The lowest BCUT2D eigenvalue weighted by molar-refractivity contribution is 0.0572. The fraction of sp³-hybridized carbons (Fsp3) is 1.00. The van der Waals surface area contributed by atoms with E-state index in [0.717, 1.165) is 19.0 Å². The van der Waals surface area contributed by atoms with Crippen molar-refractivity contribution in [2.45, 2.75) is 12.8 Å². The second-order valence-electron chi connectivity index (χ2n) is 4.12. The van der Waals surface area contributed by atoms with Gasteiger partial charge in [0.05, 0.1) is 0 Å². The van der Waals surface area contributed by atoms with Gasteiger partial charge in [-0.15, -0.1) is 0 Å². The van der Waals surface area contributed by atoms with Crippen molar-refractivity contribution in [3.8, 4) is 0 Å². The number of hydrazine groups is 1. The molecule has 0 saturated carbocycles. The number of hydrogen-bond donors (Lipinski definition) is 4. The van der Waals surface area contributed by atoms with Crippen LogP contribution in [0.25, 0.3) is 0 Å². The SMILES string of the molecule is C1CN2CCC1CN2.NCCNCCN. The third-order valence-electron chi connectivity index (χ3n) is 2.86. The quantitative estimate of drug-likeness (QED) is 0.439. The summed E-state index contributed by atoms with van der Waals surface area (Å²) >= 11 is 0. The molecule has 3 rings (SSSR count). The zero-order valence-electron chi connectivity index (χ0n) is 9.54. The molecule has 3 saturated heterocycles. The van der Waals surface area contributed by atoms with Gasteiger partial charge in [0.2, 0.25) is 0 Å². The van der Waals surface area contributed by atoms with Gasteiger partial charge in [0, 0.05) is 45.8 Å². The Bertz CT molecular complexity index is 118. The molecule has 3 aliphatic rings. The van der Waals surface area contributed by atoms with Gasteiger partial charge in [0.25, 0.3) is 0 Å². The lowest BCUT2D eigenvalue weighted by Crippen LogP contribution is -2.52. The summed E-state index contributed by atoms with van der Waals surface area (Å²) < 4.78 is 0. The summed E-state index contributed by atoms with van der Waals surface area (Å²) in [5.74, 6) is 1.000. The fourth-order valence-electron chi connectivity index (χ4n) is 1.88. The second kappa shape index (κ2) is 8.01. The molecule has 2 bridgehead atoms. The minimum atomic E-state index is 0.694. The van der Waals surface area contributed by atoms with Gasteiger partial charge in [0.1, 0.15) is 0 Å². The number of rotatable bonds is 4.